The van der Waals surface area contributed by atoms with E-state index >= 15 is 0 Å². The number of carbonyl (C=O) groups is 1. The van der Waals surface area contributed by atoms with Crippen LogP contribution in [0, 0.1) is 5.92 Å². The molecule has 1 aromatic carbocycles. The minimum atomic E-state index is -0.134. The van der Waals surface area contributed by atoms with Crippen LogP contribution in [0.1, 0.15) is 50.6 Å². The molecule has 0 fully saturated rings. The fourth-order valence-electron chi connectivity index (χ4n) is 4.22. The molecule has 0 bridgehead atoms. The van der Waals surface area contributed by atoms with E-state index in [-0.39, 0.29) is 17.9 Å². The van der Waals surface area contributed by atoms with Crippen molar-refractivity contribution < 1.29 is 9.53 Å². The van der Waals surface area contributed by atoms with Gasteiger partial charge in [0, 0.05) is 44.4 Å². The average molecular weight is 437 g/mol. The Hall–Kier alpha value is -3.00. The molecule has 1 amide bonds. The van der Waals surface area contributed by atoms with Crippen LogP contribution in [0.4, 0.5) is 0 Å². The van der Waals surface area contributed by atoms with E-state index < -0.39 is 0 Å². The van der Waals surface area contributed by atoms with Gasteiger partial charge in [0.1, 0.15) is 17.1 Å². The second kappa shape index (κ2) is 9.65. The van der Waals surface area contributed by atoms with Gasteiger partial charge >= 0.3 is 0 Å². The number of rotatable bonds is 7. The standard InChI is InChI=1S/C24H32N6O2/c1-5-21(31)26-22(16(2)3)24-28-27-20-11-12-29(13-14-30(20)24)15-18-10-9-17-7-6-8-19(32-4)23(17)25-18/h6-10,16,22H,5,11-15H2,1-4H3,(H,26,31). The van der Waals surface area contributed by atoms with Crippen LogP contribution < -0.4 is 10.1 Å². The molecule has 3 aromatic rings. The van der Waals surface area contributed by atoms with Crippen molar-refractivity contribution >= 4 is 16.8 Å². The molecule has 1 aliphatic heterocycles. The highest BCUT2D eigenvalue weighted by atomic mass is 16.5. The number of aromatic nitrogens is 4. The lowest BCUT2D eigenvalue weighted by Gasteiger charge is -2.23. The van der Waals surface area contributed by atoms with Crippen molar-refractivity contribution in [3.8, 4) is 5.75 Å². The fourth-order valence-corrected chi connectivity index (χ4v) is 4.22. The maximum Gasteiger partial charge on any atom is 0.220 e. The molecule has 1 unspecified atom stereocenters. The van der Waals surface area contributed by atoms with Crippen molar-refractivity contribution in [2.45, 2.75) is 52.7 Å². The maximum absolute atomic E-state index is 12.1. The van der Waals surface area contributed by atoms with Gasteiger partial charge in [-0.05, 0) is 18.1 Å². The number of hydrogen-bond acceptors (Lipinski definition) is 6. The van der Waals surface area contributed by atoms with Crippen molar-refractivity contribution in [3.05, 3.63) is 47.7 Å². The SMILES string of the molecule is CCC(=O)NC(c1nnc2n1CCN(Cc1ccc3cccc(OC)c3n1)CC2)C(C)C. The molecule has 1 N–H and O–H groups in total. The zero-order chi connectivity index (χ0) is 22.7. The summed E-state index contributed by atoms with van der Waals surface area (Å²) in [4.78, 5) is 19.3. The van der Waals surface area contributed by atoms with Crippen LogP contribution >= 0.6 is 0 Å². The Labute approximate surface area is 189 Å². The second-order valence-electron chi connectivity index (χ2n) is 8.63. The van der Waals surface area contributed by atoms with Gasteiger partial charge in [-0.25, -0.2) is 4.98 Å². The van der Waals surface area contributed by atoms with Crippen molar-refractivity contribution in [1.29, 1.82) is 0 Å². The number of nitrogens with zero attached hydrogens (tertiary/aromatic N) is 5. The number of ether oxygens (including phenoxy) is 1. The minimum Gasteiger partial charge on any atom is -0.494 e. The predicted molar refractivity (Wildman–Crippen MR) is 123 cm³/mol. The van der Waals surface area contributed by atoms with Gasteiger partial charge in [-0.15, -0.1) is 10.2 Å². The monoisotopic (exact) mass is 436 g/mol. The highest BCUT2D eigenvalue weighted by Crippen LogP contribution is 2.25. The molecular formula is C24H32N6O2. The van der Waals surface area contributed by atoms with E-state index in [0.717, 1.165) is 66.6 Å². The normalized spacial score (nSPS) is 15.4. The van der Waals surface area contributed by atoms with E-state index in [0.29, 0.717) is 6.42 Å². The molecule has 0 radical (unpaired) electrons. The number of methoxy groups -OCH3 is 1. The molecule has 0 spiro atoms. The van der Waals surface area contributed by atoms with Crippen LogP contribution in [0.5, 0.6) is 5.75 Å². The number of para-hydroxylation sites is 1. The molecule has 1 atom stereocenters. The lowest BCUT2D eigenvalue weighted by Crippen LogP contribution is -2.34. The van der Waals surface area contributed by atoms with Crippen LogP contribution in [0.3, 0.4) is 0 Å². The van der Waals surface area contributed by atoms with Crippen molar-refractivity contribution in [2.75, 3.05) is 20.2 Å². The first-order valence-corrected chi connectivity index (χ1v) is 11.4. The molecule has 3 heterocycles. The number of hydrogen-bond donors (Lipinski definition) is 1. The second-order valence-corrected chi connectivity index (χ2v) is 8.63. The largest absolute Gasteiger partial charge is 0.494 e. The van der Waals surface area contributed by atoms with E-state index in [1.54, 1.807) is 7.11 Å². The van der Waals surface area contributed by atoms with Gasteiger partial charge in [-0.3, -0.25) is 9.69 Å². The summed E-state index contributed by atoms with van der Waals surface area (Å²) in [6, 6.07) is 10.0. The summed E-state index contributed by atoms with van der Waals surface area (Å²) >= 11 is 0. The van der Waals surface area contributed by atoms with Crippen LogP contribution in [0.25, 0.3) is 10.9 Å². The third kappa shape index (κ3) is 4.60. The molecule has 8 nitrogen and oxygen atoms in total. The molecule has 0 saturated heterocycles. The van der Waals surface area contributed by atoms with Crippen molar-refractivity contribution in [2.24, 2.45) is 5.92 Å². The molecule has 8 heteroatoms. The number of fused-ring (bicyclic) bond motifs is 2. The topological polar surface area (TPSA) is 85.2 Å². The number of nitrogens with one attached hydrogen (secondary N) is 1. The first-order chi connectivity index (χ1) is 15.5. The van der Waals surface area contributed by atoms with E-state index in [1.165, 1.54) is 0 Å². The molecule has 4 rings (SSSR count). The summed E-state index contributed by atoms with van der Waals surface area (Å²) in [5.74, 6) is 2.90. The van der Waals surface area contributed by atoms with Gasteiger partial charge in [0.15, 0.2) is 5.82 Å². The molecule has 170 valence electrons. The van der Waals surface area contributed by atoms with Gasteiger partial charge in [-0.2, -0.15) is 0 Å². The molecule has 0 saturated carbocycles. The van der Waals surface area contributed by atoms with Crippen LogP contribution in [-0.4, -0.2) is 50.8 Å². The molecule has 32 heavy (non-hydrogen) atoms. The molecule has 2 aromatic heterocycles. The van der Waals surface area contributed by atoms with Gasteiger partial charge in [0.2, 0.25) is 5.91 Å². The number of amides is 1. The van der Waals surface area contributed by atoms with E-state index in [2.05, 4.69) is 57.0 Å². The predicted octanol–water partition coefficient (Wildman–Crippen LogP) is 3.12. The lowest BCUT2D eigenvalue weighted by atomic mass is 10.0. The van der Waals surface area contributed by atoms with E-state index in [1.807, 2.05) is 19.1 Å². The summed E-state index contributed by atoms with van der Waals surface area (Å²) in [7, 11) is 1.68. The Bertz CT molecular complexity index is 1090. The summed E-state index contributed by atoms with van der Waals surface area (Å²) in [5.41, 5.74) is 1.92. The van der Waals surface area contributed by atoms with Crippen LogP contribution in [0.15, 0.2) is 30.3 Å². The maximum atomic E-state index is 12.1. The van der Waals surface area contributed by atoms with Gasteiger partial charge in [-0.1, -0.05) is 39.0 Å². The summed E-state index contributed by atoms with van der Waals surface area (Å²) in [6.45, 7) is 9.39. The first kappa shape index (κ1) is 22.2. The smallest absolute Gasteiger partial charge is 0.220 e. The number of benzene rings is 1. The zero-order valence-electron chi connectivity index (χ0n) is 19.3. The van der Waals surface area contributed by atoms with Crippen LogP contribution in [-0.2, 0) is 24.3 Å². The Kier molecular flexibility index (Phi) is 6.69. The molecular weight excluding hydrogens is 404 g/mol. The Morgan fingerprint density at radius 3 is 2.75 bits per heavy atom. The Morgan fingerprint density at radius 2 is 2.00 bits per heavy atom. The average Bonchev–Trinajstić information content (AvgIpc) is 3.09. The number of carbonyl (C=O) groups excluding carboxylic acids is 1. The third-order valence-electron chi connectivity index (χ3n) is 6.08. The lowest BCUT2D eigenvalue weighted by molar-refractivity contribution is -0.121. The minimum absolute atomic E-state index is 0.0362. The Balaban J connectivity index is 1.50. The van der Waals surface area contributed by atoms with Gasteiger partial charge in [0.25, 0.3) is 0 Å². The zero-order valence-corrected chi connectivity index (χ0v) is 19.3. The van der Waals surface area contributed by atoms with E-state index in [4.69, 9.17) is 9.72 Å². The van der Waals surface area contributed by atoms with Crippen LogP contribution in [0.2, 0.25) is 0 Å². The summed E-state index contributed by atoms with van der Waals surface area (Å²) in [6.07, 6.45) is 1.28. The van der Waals surface area contributed by atoms with Crippen molar-refractivity contribution in [3.63, 3.8) is 0 Å². The summed E-state index contributed by atoms with van der Waals surface area (Å²) < 4.78 is 7.68. The molecule has 1 aliphatic rings. The molecule has 0 aliphatic carbocycles. The third-order valence-corrected chi connectivity index (χ3v) is 6.08. The quantitative estimate of drug-likeness (QED) is 0.613. The fraction of sp³-hybridized carbons (Fsp3) is 0.500. The number of pyridine rings is 1. The van der Waals surface area contributed by atoms with E-state index in [9.17, 15) is 4.79 Å². The first-order valence-electron chi connectivity index (χ1n) is 11.4. The highest BCUT2D eigenvalue weighted by Gasteiger charge is 2.27. The van der Waals surface area contributed by atoms with Crippen molar-refractivity contribution in [1.82, 2.24) is 30.0 Å². The Morgan fingerprint density at radius 1 is 1.16 bits per heavy atom. The summed E-state index contributed by atoms with van der Waals surface area (Å²) in [5, 5.41) is 13.1. The highest BCUT2D eigenvalue weighted by molar-refractivity contribution is 5.84. The van der Waals surface area contributed by atoms with Gasteiger partial charge < -0.3 is 14.6 Å². The van der Waals surface area contributed by atoms with Gasteiger partial charge in [0.05, 0.1) is 18.8 Å².